The Balaban J connectivity index is 2.13. The number of hydrogen-bond donors (Lipinski definition) is 1. The largest absolute Gasteiger partial charge is 0.444 e. The van der Waals surface area contributed by atoms with Crippen LogP contribution in [0.15, 0.2) is 33.4 Å². The van der Waals surface area contributed by atoms with Crippen LogP contribution in [0.25, 0.3) is 11.5 Å². The molecule has 5 heteroatoms. The molecule has 0 bridgehead atoms. The molecule has 1 heterocycles. The second kappa shape index (κ2) is 6.11. The van der Waals surface area contributed by atoms with Crippen molar-refractivity contribution in [2.45, 2.75) is 19.9 Å². The summed E-state index contributed by atoms with van der Waals surface area (Å²) in [6.07, 6.45) is 2.62. The van der Waals surface area contributed by atoms with Gasteiger partial charge in [-0.1, -0.05) is 22.9 Å². The topological polar surface area (TPSA) is 38.1 Å². The molecule has 0 atom stereocenters. The summed E-state index contributed by atoms with van der Waals surface area (Å²) >= 11 is 3.22. The number of benzene rings is 1. The van der Waals surface area contributed by atoms with E-state index in [1.54, 1.807) is 18.4 Å². The zero-order valence-electron chi connectivity index (χ0n) is 10.0. The summed E-state index contributed by atoms with van der Waals surface area (Å²) in [4.78, 5) is 4.26. The number of aromatic nitrogens is 1. The third-order valence-electron chi connectivity index (χ3n) is 2.45. The smallest absolute Gasteiger partial charge is 0.229 e. The number of rotatable bonds is 5. The molecule has 0 amide bonds. The first kappa shape index (κ1) is 13.2. The first-order valence-electron chi connectivity index (χ1n) is 5.81. The normalized spacial score (nSPS) is 10.8. The zero-order valence-corrected chi connectivity index (χ0v) is 11.6. The van der Waals surface area contributed by atoms with Crippen LogP contribution in [-0.2, 0) is 6.54 Å². The van der Waals surface area contributed by atoms with Crippen molar-refractivity contribution in [3.05, 3.63) is 40.4 Å². The molecule has 0 aliphatic carbocycles. The molecule has 1 aromatic heterocycles. The van der Waals surface area contributed by atoms with Gasteiger partial charge in [-0.3, -0.25) is 0 Å². The van der Waals surface area contributed by atoms with Gasteiger partial charge in [0.05, 0.1) is 11.3 Å². The highest BCUT2D eigenvalue weighted by Gasteiger charge is 2.11. The number of halogens is 2. The third-order valence-corrected chi connectivity index (χ3v) is 2.94. The average Bonchev–Trinajstić information content (AvgIpc) is 2.78. The molecule has 1 N–H and O–H groups in total. The second-order valence-corrected chi connectivity index (χ2v) is 4.86. The van der Waals surface area contributed by atoms with E-state index in [4.69, 9.17) is 4.42 Å². The van der Waals surface area contributed by atoms with Gasteiger partial charge in [-0.2, -0.15) is 0 Å². The van der Waals surface area contributed by atoms with Crippen molar-refractivity contribution in [2.24, 2.45) is 0 Å². The summed E-state index contributed by atoms with van der Waals surface area (Å²) in [6.45, 7) is 3.66. The van der Waals surface area contributed by atoms with Gasteiger partial charge in [0, 0.05) is 11.0 Å². The van der Waals surface area contributed by atoms with Crippen molar-refractivity contribution in [3.63, 3.8) is 0 Å². The van der Waals surface area contributed by atoms with Crippen molar-refractivity contribution in [2.75, 3.05) is 6.54 Å². The standard InChI is InChI=1S/C13H14BrFN2O/c1-2-5-16-7-10-8-18-13(17-10)11-4-3-9(14)6-12(11)15/h3-4,6,8,16H,2,5,7H2,1H3. The second-order valence-electron chi connectivity index (χ2n) is 3.94. The maximum atomic E-state index is 13.7. The maximum Gasteiger partial charge on any atom is 0.229 e. The minimum atomic E-state index is -0.348. The fourth-order valence-electron chi connectivity index (χ4n) is 1.57. The van der Waals surface area contributed by atoms with Crippen LogP contribution in [0.4, 0.5) is 4.39 Å². The van der Waals surface area contributed by atoms with Gasteiger partial charge in [-0.05, 0) is 31.2 Å². The summed E-state index contributed by atoms with van der Waals surface area (Å²) in [5.74, 6) is -0.0346. The highest BCUT2D eigenvalue weighted by molar-refractivity contribution is 9.10. The first-order valence-corrected chi connectivity index (χ1v) is 6.60. The number of oxazole rings is 1. The van der Waals surface area contributed by atoms with E-state index in [2.05, 4.69) is 33.2 Å². The third kappa shape index (κ3) is 3.17. The van der Waals surface area contributed by atoms with Crippen LogP contribution in [-0.4, -0.2) is 11.5 Å². The van der Waals surface area contributed by atoms with Gasteiger partial charge in [0.15, 0.2) is 0 Å². The summed E-state index contributed by atoms with van der Waals surface area (Å²) in [6, 6.07) is 4.81. The number of nitrogens with zero attached hydrogens (tertiary/aromatic N) is 1. The van der Waals surface area contributed by atoms with E-state index in [-0.39, 0.29) is 5.82 Å². The minimum absolute atomic E-state index is 0.313. The molecular weight excluding hydrogens is 299 g/mol. The van der Waals surface area contributed by atoms with Crippen molar-refractivity contribution >= 4 is 15.9 Å². The summed E-state index contributed by atoms with van der Waals surface area (Å²) < 4.78 is 19.7. The highest BCUT2D eigenvalue weighted by atomic mass is 79.9. The Labute approximate surface area is 114 Å². The Morgan fingerprint density at radius 3 is 3.00 bits per heavy atom. The van der Waals surface area contributed by atoms with E-state index in [0.29, 0.717) is 22.5 Å². The fraction of sp³-hybridized carbons (Fsp3) is 0.308. The van der Waals surface area contributed by atoms with Crippen LogP contribution in [0.2, 0.25) is 0 Å². The van der Waals surface area contributed by atoms with Crippen LogP contribution in [0.3, 0.4) is 0 Å². The molecule has 18 heavy (non-hydrogen) atoms. The Morgan fingerprint density at radius 2 is 2.28 bits per heavy atom. The summed E-state index contributed by atoms with van der Waals surface area (Å²) in [7, 11) is 0. The van der Waals surface area contributed by atoms with Gasteiger partial charge in [-0.25, -0.2) is 9.37 Å². The monoisotopic (exact) mass is 312 g/mol. The van der Waals surface area contributed by atoms with Gasteiger partial charge in [0.1, 0.15) is 12.1 Å². The Bertz CT molecular complexity index is 527. The molecule has 0 spiro atoms. The van der Waals surface area contributed by atoms with Gasteiger partial charge < -0.3 is 9.73 Å². The van der Waals surface area contributed by atoms with Gasteiger partial charge >= 0.3 is 0 Å². The van der Waals surface area contributed by atoms with Crippen molar-refractivity contribution in [1.29, 1.82) is 0 Å². The minimum Gasteiger partial charge on any atom is -0.444 e. The van der Waals surface area contributed by atoms with Crippen LogP contribution < -0.4 is 5.32 Å². The highest BCUT2D eigenvalue weighted by Crippen LogP contribution is 2.24. The summed E-state index contributed by atoms with van der Waals surface area (Å²) in [5.41, 5.74) is 1.15. The Morgan fingerprint density at radius 1 is 1.44 bits per heavy atom. The van der Waals surface area contributed by atoms with E-state index >= 15 is 0 Å². The van der Waals surface area contributed by atoms with Gasteiger partial charge in [0.2, 0.25) is 5.89 Å². The lowest BCUT2D eigenvalue weighted by Crippen LogP contribution is -2.13. The maximum absolute atomic E-state index is 13.7. The Hall–Kier alpha value is -1.20. The summed E-state index contributed by atoms with van der Waals surface area (Å²) in [5, 5.41) is 3.22. The molecule has 0 unspecified atom stereocenters. The van der Waals surface area contributed by atoms with Crippen molar-refractivity contribution in [1.82, 2.24) is 10.3 Å². The molecule has 3 nitrogen and oxygen atoms in total. The number of hydrogen-bond acceptors (Lipinski definition) is 3. The van der Waals surface area contributed by atoms with Crippen LogP contribution in [0.5, 0.6) is 0 Å². The molecule has 1 aromatic carbocycles. The predicted octanol–water partition coefficient (Wildman–Crippen LogP) is 3.74. The van der Waals surface area contributed by atoms with E-state index in [9.17, 15) is 4.39 Å². The average molecular weight is 313 g/mol. The van der Waals surface area contributed by atoms with E-state index in [0.717, 1.165) is 18.7 Å². The molecule has 0 saturated carbocycles. The van der Waals surface area contributed by atoms with E-state index in [1.165, 1.54) is 6.07 Å². The first-order chi connectivity index (χ1) is 8.70. The molecule has 96 valence electrons. The van der Waals surface area contributed by atoms with E-state index < -0.39 is 0 Å². The molecule has 0 radical (unpaired) electrons. The van der Waals surface area contributed by atoms with Crippen molar-refractivity contribution in [3.8, 4) is 11.5 Å². The van der Waals surface area contributed by atoms with Crippen molar-refractivity contribution < 1.29 is 8.81 Å². The lowest BCUT2D eigenvalue weighted by Gasteiger charge is -1.99. The molecule has 2 aromatic rings. The Kier molecular flexibility index (Phi) is 4.49. The van der Waals surface area contributed by atoms with E-state index in [1.807, 2.05) is 0 Å². The predicted molar refractivity (Wildman–Crippen MR) is 71.6 cm³/mol. The molecule has 0 saturated heterocycles. The fourth-order valence-corrected chi connectivity index (χ4v) is 1.90. The number of nitrogens with one attached hydrogen (secondary N) is 1. The quantitative estimate of drug-likeness (QED) is 0.855. The molecule has 2 rings (SSSR count). The lowest BCUT2D eigenvalue weighted by molar-refractivity contribution is 0.558. The molecule has 0 aliphatic rings. The van der Waals surface area contributed by atoms with Crippen LogP contribution >= 0.6 is 15.9 Å². The van der Waals surface area contributed by atoms with Crippen LogP contribution in [0.1, 0.15) is 19.0 Å². The molecule has 0 fully saturated rings. The molecular formula is C13H14BrFN2O. The lowest BCUT2D eigenvalue weighted by atomic mass is 10.2. The van der Waals surface area contributed by atoms with Crippen LogP contribution in [0, 0.1) is 5.82 Å². The zero-order chi connectivity index (χ0) is 13.0. The van der Waals surface area contributed by atoms with Gasteiger partial charge in [-0.15, -0.1) is 0 Å². The SMILES string of the molecule is CCCNCc1coc(-c2ccc(Br)cc2F)n1. The molecule has 0 aliphatic heterocycles. The van der Waals surface area contributed by atoms with Gasteiger partial charge in [0.25, 0.3) is 0 Å².